The highest BCUT2D eigenvalue weighted by Crippen LogP contribution is 2.39. The first-order chi connectivity index (χ1) is 22.9. The number of carbonyl (C=O) groups excluding carboxylic acids is 1. The second-order valence-corrected chi connectivity index (χ2v) is 11.7. The SMILES string of the molecule is COC(=O)[C@H](Cc1ccc(-c2c(OC)cc(C)n(C)c2=O)c2ccccc12)NC(c1ccccc1)(c1ccccc1)c1ccccc1. The highest BCUT2D eigenvalue weighted by atomic mass is 16.5. The molecule has 1 atom stereocenters. The van der Waals surface area contributed by atoms with E-state index in [0.717, 1.165) is 44.3 Å². The predicted molar refractivity (Wildman–Crippen MR) is 188 cm³/mol. The zero-order chi connectivity index (χ0) is 33.0. The molecule has 1 heterocycles. The van der Waals surface area contributed by atoms with Gasteiger partial charge >= 0.3 is 5.97 Å². The van der Waals surface area contributed by atoms with Crippen molar-refractivity contribution in [1.29, 1.82) is 0 Å². The molecule has 236 valence electrons. The highest BCUT2D eigenvalue weighted by molar-refractivity contribution is 6.00. The van der Waals surface area contributed by atoms with E-state index in [0.29, 0.717) is 17.7 Å². The number of pyridine rings is 1. The van der Waals surface area contributed by atoms with Gasteiger partial charge in [-0.15, -0.1) is 0 Å². The molecule has 0 aliphatic heterocycles. The molecule has 6 nitrogen and oxygen atoms in total. The summed E-state index contributed by atoms with van der Waals surface area (Å²) in [6.45, 7) is 1.88. The number of hydrogen-bond donors (Lipinski definition) is 1. The third kappa shape index (κ3) is 5.84. The van der Waals surface area contributed by atoms with Crippen LogP contribution < -0.4 is 15.6 Å². The molecular weight excluding hydrogens is 584 g/mol. The molecule has 0 bridgehead atoms. The molecule has 47 heavy (non-hydrogen) atoms. The number of nitrogens with zero attached hydrogens (tertiary/aromatic N) is 1. The number of aromatic nitrogens is 1. The van der Waals surface area contributed by atoms with Gasteiger partial charge in [0.2, 0.25) is 0 Å². The zero-order valence-corrected chi connectivity index (χ0v) is 27.1. The lowest BCUT2D eigenvalue weighted by atomic mass is 9.76. The molecule has 6 heteroatoms. The van der Waals surface area contributed by atoms with E-state index in [1.54, 1.807) is 18.7 Å². The van der Waals surface area contributed by atoms with Crippen molar-refractivity contribution in [3.63, 3.8) is 0 Å². The Balaban J connectivity index is 1.52. The van der Waals surface area contributed by atoms with Crippen molar-refractivity contribution in [3.05, 3.63) is 172 Å². The van der Waals surface area contributed by atoms with Crippen LogP contribution in [0.1, 0.15) is 27.9 Å². The Labute approximate surface area is 275 Å². The van der Waals surface area contributed by atoms with Crippen LogP contribution in [0.15, 0.2) is 138 Å². The minimum absolute atomic E-state index is 0.132. The third-order valence-electron chi connectivity index (χ3n) is 9.06. The molecule has 0 saturated carbocycles. The quantitative estimate of drug-likeness (QED) is 0.129. The Hall–Kier alpha value is -5.46. The van der Waals surface area contributed by atoms with Crippen molar-refractivity contribution in [2.75, 3.05) is 14.2 Å². The standard InChI is InChI=1S/C41H38N2O4/c1-28-26-37(46-3)38(39(44)43(28)2)35-25-24-29(33-22-14-15-23-34(33)35)27-36(40(45)47-4)42-41(30-16-8-5-9-17-30,31-18-10-6-11-19-31)32-20-12-7-13-21-32/h5-26,36,42H,27H2,1-4H3/t36-/m0/s1. The Morgan fingerprint density at radius 3 is 1.77 bits per heavy atom. The van der Waals surface area contributed by atoms with E-state index in [1.165, 1.54) is 7.11 Å². The Kier molecular flexibility index (Phi) is 9.05. The molecule has 0 spiro atoms. The second-order valence-electron chi connectivity index (χ2n) is 11.7. The van der Waals surface area contributed by atoms with Gasteiger partial charge in [0.05, 0.1) is 25.3 Å². The summed E-state index contributed by atoms with van der Waals surface area (Å²) in [4.78, 5) is 27.3. The molecule has 5 aromatic carbocycles. The van der Waals surface area contributed by atoms with Gasteiger partial charge in [-0.05, 0) is 51.9 Å². The van der Waals surface area contributed by atoms with Gasteiger partial charge in [-0.1, -0.05) is 127 Å². The summed E-state index contributed by atoms with van der Waals surface area (Å²) in [5.41, 5.74) is 5.00. The molecule has 0 saturated heterocycles. The number of aryl methyl sites for hydroxylation is 1. The van der Waals surface area contributed by atoms with Crippen LogP contribution in [0.4, 0.5) is 0 Å². The van der Waals surface area contributed by atoms with Gasteiger partial charge in [-0.2, -0.15) is 0 Å². The van der Waals surface area contributed by atoms with Crippen molar-refractivity contribution in [3.8, 4) is 16.9 Å². The summed E-state index contributed by atoms with van der Waals surface area (Å²) in [6, 6.07) is 43.7. The van der Waals surface area contributed by atoms with E-state index in [9.17, 15) is 9.59 Å². The highest BCUT2D eigenvalue weighted by Gasteiger charge is 2.40. The number of fused-ring (bicyclic) bond motifs is 1. The minimum Gasteiger partial charge on any atom is -0.496 e. The summed E-state index contributed by atoms with van der Waals surface area (Å²) >= 11 is 0. The van der Waals surface area contributed by atoms with Gasteiger partial charge in [-0.25, -0.2) is 0 Å². The fourth-order valence-electron chi connectivity index (χ4n) is 6.59. The summed E-state index contributed by atoms with van der Waals surface area (Å²) in [7, 11) is 4.77. The number of nitrogens with one attached hydrogen (secondary N) is 1. The Morgan fingerprint density at radius 2 is 1.26 bits per heavy atom. The first-order valence-electron chi connectivity index (χ1n) is 15.7. The van der Waals surface area contributed by atoms with Gasteiger partial charge < -0.3 is 14.0 Å². The van der Waals surface area contributed by atoms with Crippen LogP contribution in [-0.2, 0) is 28.5 Å². The van der Waals surface area contributed by atoms with Gasteiger partial charge in [-0.3, -0.25) is 14.9 Å². The van der Waals surface area contributed by atoms with E-state index in [4.69, 9.17) is 9.47 Å². The zero-order valence-electron chi connectivity index (χ0n) is 27.1. The van der Waals surface area contributed by atoms with Crippen LogP contribution in [-0.4, -0.2) is 30.8 Å². The number of benzene rings is 5. The maximum Gasteiger partial charge on any atom is 0.323 e. The largest absolute Gasteiger partial charge is 0.496 e. The topological polar surface area (TPSA) is 69.6 Å². The molecule has 0 aliphatic rings. The van der Waals surface area contributed by atoms with Crippen LogP contribution in [0.5, 0.6) is 5.75 Å². The Morgan fingerprint density at radius 1 is 0.745 bits per heavy atom. The summed E-state index contributed by atoms with van der Waals surface area (Å²) in [6.07, 6.45) is 0.338. The van der Waals surface area contributed by atoms with Crippen molar-refractivity contribution >= 4 is 16.7 Å². The molecule has 0 aliphatic carbocycles. The summed E-state index contributed by atoms with van der Waals surface area (Å²) in [5.74, 6) is 0.148. The molecular formula is C41H38N2O4. The number of methoxy groups -OCH3 is 2. The molecule has 1 N–H and O–H groups in total. The number of esters is 1. The normalized spacial score (nSPS) is 12.1. The maximum atomic E-state index is 13.8. The molecule has 0 radical (unpaired) electrons. The molecule has 0 amide bonds. The van der Waals surface area contributed by atoms with E-state index in [2.05, 4.69) is 41.7 Å². The molecule has 0 fully saturated rings. The van der Waals surface area contributed by atoms with Gasteiger partial charge in [0.1, 0.15) is 11.8 Å². The molecule has 0 unspecified atom stereocenters. The average molecular weight is 623 g/mol. The smallest absolute Gasteiger partial charge is 0.323 e. The lowest BCUT2D eigenvalue weighted by Gasteiger charge is -2.39. The lowest BCUT2D eigenvalue weighted by Crippen LogP contribution is -2.53. The van der Waals surface area contributed by atoms with E-state index in [1.807, 2.05) is 104 Å². The molecule has 1 aromatic heterocycles. The van der Waals surface area contributed by atoms with Crippen molar-refractivity contribution in [2.45, 2.75) is 24.9 Å². The number of carbonyl (C=O) groups is 1. The fraction of sp³-hybridized carbons (Fsp3) is 0.171. The predicted octanol–water partition coefficient (Wildman–Crippen LogP) is 7.19. The first kappa shape index (κ1) is 31.5. The van der Waals surface area contributed by atoms with Gasteiger partial charge in [0.15, 0.2) is 0 Å². The van der Waals surface area contributed by atoms with Crippen LogP contribution in [0.3, 0.4) is 0 Å². The maximum absolute atomic E-state index is 13.8. The number of rotatable bonds is 10. The van der Waals surface area contributed by atoms with Crippen LogP contribution in [0.25, 0.3) is 21.9 Å². The Bertz CT molecular complexity index is 1980. The second kappa shape index (κ2) is 13.5. The average Bonchev–Trinajstić information content (AvgIpc) is 3.13. The van der Waals surface area contributed by atoms with E-state index >= 15 is 0 Å². The summed E-state index contributed by atoms with van der Waals surface area (Å²) in [5, 5.41) is 5.66. The third-order valence-corrected chi connectivity index (χ3v) is 9.06. The van der Waals surface area contributed by atoms with Crippen molar-refractivity contribution < 1.29 is 14.3 Å². The lowest BCUT2D eigenvalue weighted by molar-refractivity contribution is -0.143. The fourth-order valence-corrected chi connectivity index (χ4v) is 6.59. The molecule has 6 rings (SSSR count). The van der Waals surface area contributed by atoms with Crippen molar-refractivity contribution in [2.24, 2.45) is 7.05 Å². The molecule has 6 aromatic rings. The van der Waals surface area contributed by atoms with E-state index < -0.39 is 11.6 Å². The summed E-state index contributed by atoms with van der Waals surface area (Å²) < 4.78 is 12.8. The number of hydrogen-bond acceptors (Lipinski definition) is 5. The first-order valence-corrected chi connectivity index (χ1v) is 15.7. The van der Waals surface area contributed by atoms with E-state index in [-0.39, 0.29) is 11.5 Å². The van der Waals surface area contributed by atoms with Crippen LogP contribution in [0, 0.1) is 6.92 Å². The minimum atomic E-state index is -0.875. The van der Waals surface area contributed by atoms with Gasteiger partial charge in [0.25, 0.3) is 5.56 Å². The van der Waals surface area contributed by atoms with Gasteiger partial charge in [0, 0.05) is 18.8 Å². The van der Waals surface area contributed by atoms with Crippen LogP contribution >= 0.6 is 0 Å². The van der Waals surface area contributed by atoms with Crippen molar-refractivity contribution in [1.82, 2.24) is 9.88 Å². The number of ether oxygens (including phenoxy) is 2. The monoisotopic (exact) mass is 622 g/mol. The van der Waals surface area contributed by atoms with Crippen LogP contribution in [0.2, 0.25) is 0 Å².